The van der Waals surface area contributed by atoms with Gasteiger partial charge in [-0.15, -0.1) is 0 Å². The lowest BCUT2D eigenvalue weighted by atomic mass is 9.98. The highest BCUT2D eigenvalue weighted by Crippen LogP contribution is 2.11. The van der Waals surface area contributed by atoms with E-state index in [0.29, 0.717) is 19.4 Å². The van der Waals surface area contributed by atoms with E-state index in [4.69, 9.17) is 5.11 Å². The van der Waals surface area contributed by atoms with E-state index in [1.165, 1.54) is 0 Å². The first-order valence-corrected chi connectivity index (χ1v) is 5.40. The first kappa shape index (κ1) is 14.9. The number of hydrogen-bond donors (Lipinski definition) is 2. The molecule has 0 radical (unpaired) electrons. The van der Waals surface area contributed by atoms with Gasteiger partial charge < -0.3 is 15.3 Å². The minimum atomic E-state index is -0.837. The Balaban J connectivity index is 3.94. The van der Waals surface area contributed by atoms with Crippen LogP contribution in [0, 0.1) is 0 Å². The van der Waals surface area contributed by atoms with E-state index in [1.807, 2.05) is 32.8 Å². The number of carbonyl (C=O) groups excluding carboxylic acids is 1. The van der Waals surface area contributed by atoms with Crippen LogP contribution in [0.25, 0.3) is 0 Å². The minimum Gasteiger partial charge on any atom is -0.481 e. The zero-order valence-corrected chi connectivity index (χ0v) is 10.5. The Hall–Kier alpha value is -1.10. The lowest BCUT2D eigenvalue weighted by molar-refractivity contribution is -0.137. The molecule has 0 heterocycles. The third-order valence-electron chi connectivity index (χ3n) is 2.23. The molecule has 0 aromatic heterocycles. The van der Waals surface area contributed by atoms with Gasteiger partial charge in [0.25, 0.3) is 0 Å². The number of carbonyl (C=O) groups is 2. The zero-order chi connectivity index (χ0) is 12.8. The van der Waals surface area contributed by atoms with Crippen LogP contribution >= 0.6 is 0 Å². The maximum absolute atomic E-state index is 11.5. The zero-order valence-electron chi connectivity index (χ0n) is 10.5. The van der Waals surface area contributed by atoms with Crippen LogP contribution in [0.3, 0.4) is 0 Å². The SMILES string of the molecule is CN(C)CCC(=O)NC(C)(C)CCC(=O)O. The van der Waals surface area contributed by atoms with Crippen LogP contribution in [-0.2, 0) is 9.59 Å². The maximum Gasteiger partial charge on any atom is 0.303 e. The fourth-order valence-electron chi connectivity index (χ4n) is 1.25. The third-order valence-corrected chi connectivity index (χ3v) is 2.23. The van der Waals surface area contributed by atoms with Gasteiger partial charge in [0, 0.05) is 24.9 Å². The van der Waals surface area contributed by atoms with Gasteiger partial charge in [-0.2, -0.15) is 0 Å². The lowest BCUT2D eigenvalue weighted by Crippen LogP contribution is -2.44. The number of hydrogen-bond acceptors (Lipinski definition) is 3. The highest BCUT2D eigenvalue weighted by molar-refractivity contribution is 5.77. The Labute approximate surface area is 96.8 Å². The molecule has 0 atom stereocenters. The van der Waals surface area contributed by atoms with Gasteiger partial charge in [-0.05, 0) is 34.4 Å². The highest BCUT2D eigenvalue weighted by atomic mass is 16.4. The third kappa shape index (κ3) is 8.23. The van der Waals surface area contributed by atoms with Crippen molar-refractivity contribution in [3.05, 3.63) is 0 Å². The van der Waals surface area contributed by atoms with Gasteiger partial charge in [0.15, 0.2) is 0 Å². The molecule has 0 rings (SSSR count). The molecule has 0 aromatic carbocycles. The van der Waals surface area contributed by atoms with Crippen molar-refractivity contribution in [2.45, 2.75) is 38.6 Å². The Morgan fingerprint density at radius 3 is 2.25 bits per heavy atom. The van der Waals surface area contributed by atoms with Crippen molar-refractivity contribution in [2.24, 2.45) is 0 Å². The second-order valence-corrected chi connectivity index (χ2v) is 4.88. The summed E-state index contributed by atoms with van der Waals surface area (Å²) in [4.78, 5) is 23.9. The molecule has 0 saturated heterocycles. The van der Waals surface area contributed by atoms with Crippen LogP contribution in [0.15, 0.2) is 0 Å². The van der Waals surface area contributed by atoms with E-state index in [1.54, 1.807) is 0 Å². The van der Waals surface area contributed by atoms with Crippen molar-refractivity contribution in [2.75, 3.05) is 20.6 Å². The highest BCUT2D eigenvalue weighted by Gasteiger charge is 2.21. The summed E-state index contributed by atoms with van der Waals surface area (Å²) in [6.07, 6.45) is 0.945. The molecule has 0 aliphatic carbocycles. The van der Waals surface area contributed by atoms with Gasteiger partial charge in [0.05, 0.1) is 0 Å². The minimum absolute atomic E-state index is 0.0379. The van der Waals surface area contributed by atoms with Gasteiger partial charge in [-0.25, -0.2) is 0 Å². The van der Waals surface area contributed by atoms with Crippen molar-refractivity contribution >= 4 is 11.9 Å². The summed E-state index contributed by atoms with van der Waals surface area (Å²) >= 11 is 0. The number of carboxylic acid groups (broad SMARTS) is 1. The molecule has 0 aliphatic rings. The van der Waals surface area contributed by atoms with Crippen molar-refractivity contribution in [3.63, 3.8) is 0 Å². The summed E-state index contributed by atoms with van der Waals surface area (Å²) < 4.78 is 0. The van der Waals surface area contributed by atoms with Gasteiger partial charge in [-0.3, -0.25) is 9.59 Å². The molecule has 0 saturated carbocycles. The molecule has 0 spiro atoms. The number of nitrogens with one attached hydrogen (secondary N) is 1. The Kier molecular flexibility index (Phi) is 6.03. The Bertz CT molecular complexity index is 250. The maximum atomic E-state index is 11.5. The van der Waals surface area contributed by atoms with Crippen LogP contribution in [0.4, 0.5) is 0 Å². The molecule has 1 amide bonds. The molecule has 0 aliphatic heterocycles. The first-order valence-electron chi connectivity index (χ1n) is 5.40. The van der Waals surface area contributed by atoms with Gasteiger partial charge in [0.1, 0.15) is 0 Å². The van der Waals surface area contributed by atoms with Crippen molar-refractivity contribution in [1.29, 1.82) is 0 Å². The van der Waals surface area contributed by atoms with Crippen LogP contribution in [0.5, 0.6) is 0 Å². The number of amides is 1. The van der Waals surface area contributed by atoms with Crippen LogP contribution in [0.1, 0.15) is 33.1 Å². The molecule has 2 N–H and O–H groups in total. The van der Waals surface area contributed by atoms with E-state index in [9.17, 15) is 9.59 Å². The standard InChI is InChI=1S/C11H22N2O3/c1-11(2,7-5-10(15)16)12-9(14)6-8-13(3)4/h5-8H2,1-4H3,(H,12,14)(H,15,16). The lowest BCUT2D eigenvalue weighted by Gasteiger charge is -2.26. The molecule has 0 aromatic rings. The summed E-state index contributed by atoms with van der Waals surface area (Å²) in [5.74, 6) is -0.875. The number of aliphatic carboxylic acids is 1. The summed E-state index contributed by atoms with van der Waals surface area (Å²) in [5, 5.41) is 11.4. The normalized spacial score (nSPS) is 11.6. The predicted octanol–water partition coefficient (Wildman–Crippen LogP) is 0.698. The summed E-state index contributed by atoms with van der Waals surface area (Å²) in [5.41, 5.74) is -0.457. The topological polar surface area (TPSA) is 69.6 Å². The van der Waals surface area contributed by atoms with Crippen molar-refractivity contribution in [1.82, 2.24) is 10.2 Å². The van der Waals surface area contributed by atoms with Gasteiger partial charge in [0.2, 0.25) is 5.91 Å². The summed E-state index contributed by atoms with van der Waals surface area (Å²) in [6, 6.07) is 0. The summed E-state index contributed by atoms with van der Waals surface area (Å²) in [6.45, 7) is 4.37. The second kappa shape index (κ2) is 6.48. The molecular formula is C11H22N2O3. The van der Waals surface area contributed by atoms with Crippen LogP contribution < -0.4 is 5.32 Å². The Morgan fingerprint density at radius 1 is 1.25 bits per heavy atom. The number of nitrogens with zero attached hydrogens (tertiary/aromatic N) is 1. The first-order chi connectivity index (χ1) is 7.23. The van der Waals surface area contributed by atoms with E-state index in [-0.39, 0.29) is 12.3 Å². The smallest absolute Gasteiger partial charge is 0.303 e. The van der Waals surface area contributed by atoms with Crippen molar-refractivity contribution < 1.29 is 14.7 Å². The number of rotatable bonds is 7. The quantitative estimate of drug-likeness (QED) is 0.675. The molecule has 94 valence electrons. The van der Waals surface area contributed by atoms with E-state index < -0.39 is 11.5 Å². The average molecular weight is 230 g/mol. The molecule has 5 nitrogen and oxygen atoms in total. The predicted molar refractivity (Wildman–Crippen MR) is 62.3 cm³/mol. The molecular weight excluding hydrogens is 208 g/mol. The van der Waals surface area contributed by atoms with Crippen molar-refractivity contribution in [3.8, 4) is 0 Å². The summed E-state index contributed by atoms with van der Waals surface area (Å²) in [7, 11) is 3.81. The van der Waals surface area contributed by atoms with Gasteiger partial charge in [-0.1, -0.05) is 0 Å². The fraction of sp³-hybridized carbons (Fsp3) is 0.818. The molecule has 0 unspecified atom stereocenters. The molecule has 0 bridgehead atoms. The van der Waals surface area contributed by atoms with E-state index in [0.717, 1.165) is 0 Å². The largest absolute Gasteiger partial charge is 0.481 e. The van der Waals surface area contributed by atoms with E-state index >= 15 is 0 Å². The number of carboxylic acids is 1. The van der Waals surface area contributed by atoms with E-state index in [2.05, 4.69) is 5.32 Å². The monoisotopic (exact) mass is 230 g/mol. The molecule has 0 fully saturated rings. The van der Waals surface area contributed by atoms with Gasteiger partial charge >= 0.3 is 5.97 Å². The second-order valence-electron chi connectivity index (χ2n) is 4.88. The molecule has 5 heteroatoms. The Morgan fingerprint density at radius 2 is 1.81 bits per heavy atom. The molecule has 16 heavy (non-hydrogen) atoms. The fourth-order valence-corrected chi connectivity index (χ4v) is 1.25. The van der Waals surface area contributed by atoms with Crippen LogP contribution in [-0.4, -0.2) is 48.1 Å². The van der Waals surface area contributed by atoms with Crippen LogP contribution in [0.2, 0.25) is 0 Å². The average Bonchev–Trinajstić information content (AvgIpc) is 2.11.